The fourth-order valence-electron chi connectivity index (χ4n) is 0.949. The molecule has 1 N–H and O–H groups in total. The van der Waals surface area contributed by atoms with E-state index in [0.29, 0.717) is 0 Å². The smallest absolute Gasteiger partial charge is 0.321 e. The quantitative estimate of drug-likeness (QED) is 0.398. The van der Waals surface area contributed by atoms with Crippen molar-refractivity contribution in [2.75, 3.05) is 13.2 Å². The zero-order chi connectivity index (χ0) is 11.9. The minimum absolute atomic E-state index is 0.750. The average molecular weight is 233 g/mol. The van der Waals surface area contributed by atoms with Gasteiger partial charge in [-0.1, -0.05) is 27.2 Å². The third-order valence-electron chi connectivity index (χ3n) is 1.54. The Balaban J connectivity index is 0. The topological polar surface area (TPSA) is 59.4 Å². The van der Waals surface area contributed by atoms with Gasteiger partial charge < -0.3 is 8.85 Å². The summed E-state index contributed by atoms with van der Waals surface area (Å²) >= 11 is 0. The lowest BCUT2D eigenvalue weighted by molar-refractivity contribution is 0.196. The highest BCUT2D eigenvalue weighted by molar-refractivity contribution is 6.44. The van der Waals surface area contributed by atoms with Crippen LogP contribution in [0.3, 0.4) is 0 Å². The summed E-state index contributed by atoms with van der Waals surface area (Å²) in [6, 6.07) is 1.15. The van der Waals surface area contributed by atoms with E-state index in [1.54, 1.807) is 0 Å². The molecule has 0 spiro atoms. The highest BCUT2D eigenvalue weighted by atomic mass is 28.3. The summed E-state index contributed by atoms with van der Waals surface area (Å²) in [5.41, 5.74) is 0. The van der Waals surface area contributed by atoms with Crippen molar-refractivity contribution >= 4 is 15.4 Å². The Labute approximate surface area is 94.3 Å². The molecular formula is C10H23NO3Si. The third-order valence-corrected chi connectivity index (χ3v) is 3.80. The van der Waals surface area contributed by atoms with Crippen molar-refractivity contribution in [2.45, 2.75) is 46.1 Å². The summed E-state index contributed by atoms with van der Waals surface area (Å²) in [5.74, 6) is 0. The SMILES string of the molecule is CCCO[SiH](CCC)OCCC.N=C=O. The fourth-order valence-corrected chi connectivity index (χ4v) is 2.85. The van der Waals surface area contributed by atoms with E-state index in [1.807, 2.05) is 0 Å². The molecule has 5 heteroatoms. The summed E-state index contributed by atoms with van der Waals surface area (Å²) in [5, 5.41) is 5.40. The summed E-state index contributed by atoms with van der Waals surface area (Å²) in [4.78, 5) is 8.35. The van der Waals surface area contributed by atoms with Gasteiger partial charge in [0.25, 0.3) is 0 Å². The second kappa shape index (κ2) is 16.0. The van der Waals surface area contributed by atoms with Crippen molar-refractivity contribution in [3.8, 4) is 0 Å². The number of rotatable bonds is 8. The van der Waals surface area contributed by atoms with E-state index in [4.69, 9.17) is 19.1 Å². The normalized spacial score (nSPS) is 9.33. The molecule has 90 valence electrons. The Kier molecular flexibility index (Phi) is 18.0. The molecule has 0 aromatic heterocycles. The van der Waals surface area contributed by atoms with E-state index in [9.17, 15) is 0 Å². The summed E-state index contributed by atoms with van der Waals surface area (Å²) in [6.07, 6.45) is 4.13. The minimum atomic E-state index is -1.27. The first-order valence-corrected chi connectivity index (χ1v) is 7.29. The second-order valence-corrected chi connectivity index (χ2v) is 5.17. The molecule has 0 unspecified atom stereocenters. The Morgan fingerprint density at radius 1 is 1.07 bits per heavy atom. The Hall–Kier alpha value is -0.483. The number of isocyanates is 1. The number of carbonyl (C=O) groups excluding carboxylic acids is 1. The zero-order valence-corrected chi connectivity index (χ0v) is 11.2. The molecule has 0 saturated carbocycles. The van der Waals surface area contributed by atoms with Crippen LogP contribution in [0.2, 0.25) is 6.04 Å². The van der Waals surface area contributed by atoms with Crippen molar-refractivity contribution in [3.05, 3.63) is 0 Å². The molecule has 0 fully saturated rings. The lowest BCUT2D eigenvalue weighted by Crippen LogP contribution is -2.23. The highest BCUT2D eigenvalue weighted by Crippen LogP contribution is 2.02. The predicted molar refractivity (Wildman–Crippen MR) is 63.1 cm³/mol. The molecule has 0 aliphatic heterocycles. The van der Waals surface area contributed by atoms with E-state index in [0.717, 1.165) is 38.2 Å². The van der Waals surface area contributed by atoms with Crippen molar-refractivity contribution in [3.63, 3.8) is 0 Å². The molecule has 0 aliphatic rings. The van der Waals surface area contributed by atoms with Crippen LogP contribution in [0, 0.1) is 5.41 Å². The molecule has 0 saturated heterocycles. The van der Waals surface area contributed by atoms with Gasteiger partial charge in [-0.25, -0.2) is 10.2 Å². The fraction of sp³-hybridized carbons (Fsp3) is 0.900. The number of hydrogen-bond donors (Lipinski definition) is 1. The Morgan fingerprint density at radius 2 is 1.47 bits per heavy atom. The molecule has 4 nitrogen and oxygen atoms in total. The maximum atomic E-state index is 8.35. The van der Waals surface area contributed by atoms with Crippen LogP contribution in [-0.4, -0.2) is 28.6 Å². The van der Waals surface area contributed by atoms with Gasteiger partial charge in [0.15, 0.2) is 0 Å². The summed E-state index contributed by atoms with van der Waals surface area (Å²) in [7, 11) is -1.27. The lowest BCUT2D eigenvalue weighted by Gasteiger charge is -2.14. The van der Waals surface area contributed by atoms with Gasteiger partial charge in [0.05, 0.1) is 0 Å². The van der Waals surface area contributed by atoms with Gasteiger partial charge in [-0.05, 0) is 18.9 Å². The largest absolute Gasteiger partial charge is 0.397 e. The number of hydrogen-bond acceptors (Lipinski definition) is 4. The zero-order valence-electron chi connectivity index (χ0n) is 10.0. The van der Waals surface area contributed by atoms with Gasteiger partial charge in [-0.2, -0.15) is 0 Å². The summed E-state index contributed by atoms with van der Waals surface area (Å²) in [6.45, 7) is 8.21. The molecular weight excluding hydrogens is 210 g/mol. The Bertz CT molecular complexity index is 142. The van der Waals surface area contributed by atoms with E-state index in [2.05, 4.69) is 20.8 Å². The first-order valence-electron chi connectivity index (χ1n) is 5.53. The molecule has 0 aliphatic carbocycles. The molecule has 0 bridgehead atoms. The first-order chi connectivity index (χ1) is 7.26. The van der Waals surface area contributed by atoms with Gasteiger partial charge in [-0.3, -0.25) is 0 Å². The van der Waals surface area contributed by atoms with E-state index in [-0.39, 0.29) is 0 Å². The van der Waals surface area contributed by atoms with Crippen LogP contribution in [0.15, 0.2) is 0 Å². The maximum Gasteiger partial charge on any atom is 0.321 e. The monoisotopic (exact) mass is 233 g/mol. The predicted octanol–water partition coefficient (Wildman–Crippen LogP) is 2.37. The first kappa shape index (κ1) is 16.9. The van der Waals surface area contributed by atoms with Gasteiger partial charge in [0, 0.05) is 13.2 Å². The van der Waals surface area contributed by atoms with Crippen molar-refractivity contribution in [2.24, 2.45) is 0 Å². The van der Waals surface area contributed by atoms with Crippen LogP contribution in [-0.2, 0) is 13.6 Å². The molecule has 15 heavy (non-hydrogen) atoms. The van der Waals surface area contributed by atoms with Gasteiger partial charge >= 0.3 is 9.28 Å². The van der Waals surface area contributed by atoms with Crippen LogP contribution in [0.5, 0.6) is 0 Å². The molecule has 0 aromatic carbocycles. The van der Waals surface area contributed by atoms with Crippen LogP contribution in [0.25, 0.3) is 0 Å². The minimum Gasteiger partial charge on any atom is -0.397 e. The maximum absolute atomic E-state index is 8.35. The average Bonchev–Trinajstić information content (AvgIpc) is 2.23. The van der Waals surface area contributed by atoms with Crippen molar-refractivity contribution in [1.82, 2.24) is 0 Å². The van der Waals surface area contributed by atoms with E-state index < -0.39 is 9.28 Å². The van der Waals surface area contributed by atoms with Crippen LogP contribution in [0.1, 0.15) is 40.0 Å². The highest BCUT2D eigenvalue weighted by Gasteiger charge is 2.10. The molecule has 0 rings (SSSR count). The van der Waals surface area contributed by atoms with E-state index in [1.165, 1.54) is 6.42 Å². The van der Waals surface area contributed by atoms with Crippen LogP contribution >= 0.6 is 0 Å². The molecule has 0 radical (unpaired) electrons. The van der Waals surface area contributed by atoms with Crippen molar-refractivity contribution in [1.29, 1.82) is 5.41 Å². The number of nitrogens with one attached hydrogen (secondary N) is 1. The second-order valence-electron chi connectivity index (χ2n) is 3.06. The van der Waals surface area contributed by atoms with Gasteiger partial charge in [-0.15, -0.1) is 0 Å². The van der Waals surface area contributed by atoms with Crippen LogP contribution in [0.4, 0.5) is 0 Å². The van der Waals surface area contributed by atoms with Gasteiger partial charge in [0.2, 0.25) is 6.08 Å². The van der Waals surface area contributed by atoms with Crippen molar-refractivity contribution < 1.29 is 13.6 Å². The lowest BCUT2D eigenvalue weighted by atomic mass is 10.5. The molecule has 0 heterocycles. The standard InChI is InChI=1S/C9H22O2Si.CHNO/c1-4-7-10-12(9-6-3)11-8-5-2;2-1-3/h12H,4-9H2,1-3H3;2H. The molecule has 0 amide bonds. The summed E-state index contributed by atoms with van der Waals surface area (Å²) < 4.78 is 11.3. The Morgan fingerprint density at radius 3 is 1.73 bits per heavy atom. The van der Waals surface area contributed by atoms with Gasteiger partial charge in [0.1, 0.15) is 0 Å². The third kappa shape index (κ3) is 16.2. The van der Waals surface area contributed by atoms with Crippen LogP contribution < -0.4 is 0 Å². The molecule has 0 atom stereocenters. The molecule has 0 aromatic rings. The van der Waals surface area contributed by atoms with E-state index >= 15 is 0 Å².